The number of rotatable bonds is 1. The molecular weight excluding hydrogens is 379 g/mol. The molecule has 134 valence electrons. The molecule has 0 radical (unpaired) electrons. The van der Waals surface area contributed by atoms with Crippen molar-refractivity contribution in [2.75, 3.05) is 5.43 Å². The molecule has 4 heterocycles. The Bertz CT molecular complexity index is 1100. The van der Waals surface area contributed by atoms with Crippen LogP contribution in [0.15, 0.2) is 35.6 Å². The van der Waals surface area contributed by atoms with Gasteiger partial charge in [0, 0.05) is 17.8 Å². The molecule has 3 aromatic heterocycles. The maximum atomic E-state index is 13.1. The Morgan fingerprint density at radius 3 is 2.81 bits per heavy atom. The van der Waals surface area contributed by atoms with Gasteiger partial charge in [0.1, 0.15) is 29.0 Å². The molecule has 5 rings (SSSR count). The summed E-state index contributed by atoms with van der Waals surface area (Å²) in [6, 6.07) is 3.32. The first-order valence-electron chi connectivity index (χ1n) is 7.92. The van der Waals surface area contributed by atoms with Crippen molar-refractivity contribution in [3.05, 3.63) is 51.9 Å². The molecule has 1 amide bonds. The molecule has 0 unspecified atom stereocenters. The van der Waals surface area contributed by atoms with Gasteiger partial charge >= 0.3 is 0 Å². The van der Waals surface area contributed by atoms with E-state index in [1.165, 1.54) is 17.1 Å². The van der Waals surface area contributed by atoms with Crippen molar-refractivity contribution in [2.45, 2.75) is 24.9 Å². The zero-order valence-electron chi connectivity index (χ0n) is 13.4. The van der Waals surface area contributed by atoms with Crippen molar-refractivity contribution in [1.29, 1.82) is 0 Å². The van der Waals surface area contributed by atoms with Crippen LogP contribution in [-0.2, 0) is 0 Å². The summed E-state index contributed by atoms with van der Waals surface area (Å²) in [5.74, 6) is -0.341. The van der Waals surface area contributed by atoms with Crippen LogP contribution in [0.2, 0.25) is 5.02 Å². The van der Waals surface area contributed by atoms with Crippen molar-refractivity contribution < 1.29 is 4.79 Å². The predicted molar refractivity (Wildman–Crippen MR) is 98.8 cm³/mol. The quantitative estimate of drug-likeness (QED) is 0.658. The molecule has 1 aliphatic heterocycles. The fourth-order valence-corrected chi connectivity index (χ4v) is 3.69. The SMILES string of the molecule is Cl.O=C1NC2(CCC2)Nn2c1c(Cl)cc(-n1ccc3cncnc31)c2=O. The van der Waals surface area contributed by atoms with Crippen LogP contribution < -0.4 is 16.3 Å². The highest BCUT2D eigenvalue weighted by molar-refractivity contribution is 6.33. The molecule has 26 heavy (non-hydrogen) atoms. The second-order valence-corrected chi connectivity index (χ2v) is 6.76. The summed E-state index contributed by atoms with van der Waals surface area (Å²) in [5.41, 5.74) is 3.27. The van der Waals surface area contributed by atoms with E-state index in [0.29, 0.717) is 11.3 Å². The summed E-state index contributed by atoms with van der Waals surface area (Å²) in [7, 11) is 0. The van der Waals surface area contributed by atoms with Crippen LogP contribution in [0.25, 0.3) is 16.7 Å². The van der Waals surface area contributed by atoms with Gasteiger partial charge in [0.2, 0.25) is 0 Å². The van der Waals surface area contributed by atoms with Gasteiger partial charge in [-0.05, 0) is 31.4 Å². The van der Waals surface area contributed by atoms with E-state index in [9.17, 15) is 9.59 Å². The van der Waals surface area contributed by atoms with Gasteiger partial charge < -0.3 is 5.32 Å². The second kappa shape index (κ2) is 5.72. The number of fused-ring (bicyclic) bond motifs is 2. The Hall–Kier alpha value is -2.58. The van der Waals surface area contributed by atoms with Crippen molar-refractivity contribution >= 4 is 40.9 Å². The van der Waals surface area contributed by atoms with E-state index in [1.54, 1.807) is 17.0 Å². The summed E-state index contributed by atoms with van der Waals surface area (Å²) < 4.78 is 2.92. The smallest absolute Gasteiger partial charge is 0.293 e. The molecule has 2 N–H and O–H groups in total. The lowest BCUT2D eigenvalue weighted by Crippen LogP contribution is -2.67. The topological polar surface area (TPSA) is 93.8 Å². The molecular formula is C16H14Cl2N6O2. The maximum absolute atomic E-state index is 13.1. The van der Waals surface area contributed by atoms with Crippen molar-refractivity contribution in [2.24, 2.45) is 0 Å². The van der Waals surface area contributed by atoms with Gasteiger partial charge in [0.15, 0.2) is 0 Å². The Balaban J connectivity index is 0.00000168. The lowest BCUT2D eigenvalue weighted by molar-refractivity contribution is 0.0790. The highest BCUT2D eigenvalue weighted by atomic mass is 35.5. The van der Waals surface area contributed by atoms with E-state index in [0.717, 1.165) is 24.6 Å². The summed E-state index contributed by atoms with van der Waals surface area (Å²) in [4.78, 5) is 33.7. The van der Waals surface area contributed by atoms with Crippen LogP contribution in [0.1, 0.15) is 29.8 Å². The van der Waals surface area contributed by atoms with Crippen molar-refractivity contribution in [3.63, 3.8) is 0 Å². The summed E-state index contributed by atoms with van der Waals surface area (Å²) in [5, 5.41) is 3.92. The lowest BCUT2D eigenvalue weighted by atomic mass is 9.84. The number of carbonyl (C=O) groups is 1. The molecule has 2 aliphatic rings. The van der Waals surface area contributed by atoms with E-state index in [-0.39, 0.29) is 34.6 Å². The van der Waals surface area contributed by atoms with E-state index >= 15 is 0 Å². The summed E-state index contributed by atoms with van der Waals surface area (Å²) in [6.45, 7) is 0. The molecule has 1 fully saturated rings. The zero-order valence-corrected chi connectivity index (χ0v) is 15.0. The lowest BCUT2D eigenvalue weighted by Gasteiger charge is -2.47. The number of aromatic nitrogens is 4. The van der Waals surface area contributed by atoms with Crippen molar-refractivity contribution in [1.82, 2.24) is 24.5 Å². The largest absolute Gasteiger partial charge is 0.327 e. The zero-order chi connectivity index (χ0) is 17.2. The van der Waals surface area contributed by atoms with Gasteiger partial charge in [-0.3, -0.25) is 19.6 Å². The first kappa shape index (κ1) is 16.9. The van der Waals surface area contributed by atoms with Gasteiger partial charge in [-0.25, -0.2) is 14.6 Å². The fraction of sp³-hybridized carbons (Fsp3) is 0.250. The number of pyridine rings is 1. The molecule has 10 heteroatoms. The predicted octanol–water partition coefficient (Wildman–Crippen LogP) is 1.82. The fourth-order valence-electron chi connectivity index (χ4n) is 3.42. The minimum absolute atomic E-state index is 0. The minimum Gasteiger partial charge on any atom is -0.327 e. The molecule has 1 aliphatic carbocycles. The third-order valence-corrected chi connectivity index (χ3v) is 5.13. The third-order valence-electron chi connectivity index (χ3n) is 4.85. The maximum Gasteiger partial charge on any atom is 0.293 e. The summed E-state index contributed by atoms with van der Waals surface area (Å²) in [6.07, 6.45) is 7.36. The average molecular weight is 393 g/mol. The van der Waals surface area contributed by atoms with E-state index in [4.69, 9.17) is 11.6 Å². The summed E-state index contributed by atoms with van der Waals surface area (Å²) >= 11 is 6.33. The second-order valence-electron chi connectivity index (χ2n) is 6.36. The van der Waals surface area contributed by atoms with Crippen LogP contribution in [0.4, 0.5) is 0 Å². The number of amides is 1. The monoisotopic (exact) mass is 392 g/mol. The van der Waals surface area contributed by atoms with Gasteiger partial charge in [0.05, 0.1) is 5.02 Å². The number of halogens is 2. The Morgan fingerprint density at radius 1 is 1.27 bits per heavy atom. The molecule has 0 saturated heterocycles. The van der Waals surface area contributed by atoms with Crippen LogP contribution in [0.5, 0.6) is 0 Å². The first-order chi connectivity index (χ1) is 12.1. The van der Waals surface area contributed by atoms with Crippen LogP contribution in [0.3, 0.4) is 0 Å². The Labute approximate surface area is 158 Å². The molecule has 8 nitrogen and oxygen atoms in total. The highest BCUT2D eigenvalue weighted by Crippen LogP contribution is 2.33. The van der Waals surface area contributed by atoms with Crippen LogP contribution in [0, 0.1) is 0 Å². The van der Waals surface area contributed by atoms with Gasteiger partial charge in [-0.15, -0.1) is 12.4 Å². The number of hydrogen-bond acceptors (Lipinski definition) is 5. The Kier molecular flexibility index (Phi) is 3.71. The standard InChI is InChI=1S/C16H13ClN6O2.ClH/c17-10-6-11(22-5-2-9-7-18-8-19-13(9)22)15(25)23-12(10)14(24)20-16(21-23)3-1-4-16;/h2,5-8,21H,1,3-4H2,(H,20,24);1H. The van der Waals surface area contributed by atoms with E-state index in [2.05, 4.69) is 20.7 Å². The van der Waals surface area contributed by atoms with Gasteiger partial charge in [0.25, 0.3) is 11.5 Å². The van der Waals surface area contributed by atoms with E-state index < -0.39 is 5.66 Å². The van der Waals surface area contributed by atoms with E-state index in [1.807, 2.05) is 6.07 Å². The van der Waals surface area contributed by atoms with Gasteiger partial charge in [-0.1, -0.05) is 11.6 Å². The molecule has 1 spiro atoms. The molecule has 3 aromatic rings. The normalized spacial score (nSPS) is 17.0. The van der Waals surface area contributed by atoms with Crippen LogP contribution in [-0.4, -0.2) is 30.8 Å². The highest BCUT2D eigenvalue weighted by Gasteiger charge is 2.44. The average Bonchev–Trinajstić information content (AvgIpc) is 3.00. The Morgan fingerprint density at radius 2 is 2.08 bits per heavy atom. The number of nitrogens with zero attached hydrogens (tertiary/aromatic N) is 4. The number of hydrogen-bond donors (Lipinski definition) is 2. The molecule has 1 saturated carbocycles. The van der Waals surface area contributed by atoms with Crippen LogP contribution >= 0.6 is 24.0 Å². The number of nitrogens with one attached hydrogen (secondary N) is 2. The minimum atomic E-state index is -0.559. The van der Waals surface area contributed by atoms with Crippen molar-refractivity contribution in [3.8, 4) is 5.69 Å². The van der Waals surface area contributed by atoms with Gasteiger partial charge in [-0.2, -0.15) is 0 Å². The third kappa shape index (κ3) is 2.22. The molecule has 0 aromatic carbocycles. The first-order valence-corrected chi connectivity index (χ1v) is 8.29. The number of carbonyl (C=O) groups excluding carboxylic acids is 1. The molecule has 0 atom stereocenters. The molecule has 0 bridgehead atoms.